The Balaban J connectivity index is 2.28. The smallest absolute Gasteiger partial charge is 0.187 e. The van der Waals surface area contributed by atoms with Crippen LogP contribution in [0, 0.1) is 6.92 Å². The van der Waals surface area contributed by atoms with Gasteiger partial charge in [0.05, 0.1) is 5.69 Å². The van der Waals surface area contributed by atoms with E-state index in [2.05, 4.69) is 10.3 Å². The van der Waals surface area contributed by atoms with Crippen LogP contribution < -0.4 is 5.32 Å². The zero-order chi connectivity index (χ0) is 9.97. The number of nitrogens with one attached hydrogen (secondary N) is 1. The van der Waals surface area contributed by atoms with Crippen LogP contribution in [0.25, 0.3) is 0 Å². The minimum absolute atomic E-state index is 0.241. The molecule has 0 unspecified atom stereocenters. The molecule has 0 bridgehead atoms. The van der Waals surface area contributed by atoms with E-state index < -0.39 is 0 Å². The minimum Gasteiger partial charge on any atom is -0.506 e. The molecule has 0 radical (unpaired) electrons. The van der Waals surface area contributed by atoms with Gasteiger partial charge < -0.3 is 10.4 Å². The fourth-order valence-corrected chi connectivity index (χ4v) is 1.69. The van der Waals surface area contributed by atoms with Gasteiger partial charge in [0.1, 0.15) is 5.75 Å². The Morgan fingerprint density at radius 1 is 1.43 bits per heavy atom. The van der Waals surface area contributed by atoms with Gasteiger partial charge in [-0.05, 0) is 24.6 Å². The van der Waals surface area contributed by atoms with Crippen molar-refractivity contribution in [1.82, 2.24) is 4.98 Å². The van der Waals surface area contributed by atoms with Crippen molar-refractivity contribution in [2.24, 2.45) is 0 Å². The van der Waals surface area contributed by atoms with Crippen molar-refractivity contribution < 1.29 is 5.11 Å². The monoisotopic (exact) mass is 206 g/mol. The van der Waals surface area contributed by atoms with E-state index >= 15 is 0 Å². The predicted molar refractivity (Wildman–Crippen MR) is 58.2 cm³/mol. The summed E-state index contributed by atoms with van der Waals surface area (Å²) >= 11 is 1.50. The molecule has 2 rings (SSSR count). The van der Waals surface area contributed by atoms with E-state index in [0.29, 0.717) is 5.69 Å². The molecule has 2 N–H and O–H groups in total. The van der Waals surface area contributed by atoms with Crippen LogP contribution in [0.3, 0.4) is 0 Å². The normalized spacial score (nSPS) is 10.1. The summed E-state index contributed by atoms with van der Waals surface area (Å²) in [6, 6.07) is 5.42. The number of aromatic nitrogens is 1. The second kappa shape index (κ2) is 3.67. The van der Waals surface area contributed by atoms with E-state index in [9.17, 15) is 5.11 Å². The quantitative estimate of drug-likeness (QED) is 0.742. The van der Waals surface area contributed by atoms with Crippen LogP contribution in [-0.4, -0.2) is 10.1 Å². The molecule has 2 aromatic rings. The Labute approximate surface area is 86.1 Å². The largest absolute Gasteiger partial charge is 0.506 e. The third-order valence-corrected chi connectivity index (χ3v) is 2.51. The van der Waals surface area contributed by atoms with Gasteiger partial charge in [-0.2, -0.15) is 0 Å². The molecule has 1 aromatic heterocycles. The number of rotatable bonds is 2. The van der Waals surface area contributed by atoms with Gasteiger partial charge in [0.2, 0.25) is 0 Å². The zero-order valence-corrected chi connectivity index (χ0v) is 8.51. The number of phenols is 1. The molecule has 1 heterocycles. The standard InChI is InChI=1S/C10H10N2OS/c1-7-2-3-9(13)8(6-7)12-10-11-4-5-14-10/h2-6,13H,1H3,(H,11,12). The number of benzene rings is 1. The van der Waals surface area contributed by atoms with Gasteiger partial charge in [-0.3, -0.25) is 0 Å². The Morgan fingerprint density at radius 2 is 2.29 bits per heavy atom. The zero-order valence-electron chi connectivity index (χ0n) is 7.69. The van der Waals surface area contributed by atoms with Gasteiger partial charge in [0, 0.05) is 11.6 Å². The van der Waals surface area contributed by atoms with E-state index in [1.807, 2.05) is 24.4 Å². The van der Waals surface area contributed by atoms with Crippen LogP contribution in [0.2, 0.25) is 0 Å². The highest BCUT2D eigenvalue weighted by atomic mass is 32.1. The number of nitrogens with zero attached hydrogens (tertiary/aromatic N) is 1. The highest BCUT2D eigenvalue weighted by Crippen LogP contribution is 2.27. The van der Waals surface area contributed by atoms with Crippen molar-refractivity contribution in [3.63, 3.8) is 0 Å². The summed E-state index contributed by atoms with van der Waals surface area (Å²) in [4.78, 5) is 4.08. The molecule has 0 aliphatic heterocycles. The Morgan fingerprint density at radius 3 is 3.00 bits per heavy atom. The van der Waals surface area contributed by atoms with Crippen molar-refractivity contribution in [2.75, 3.05) is 5.32 Å². The number of aromatic hydroxyl groups is 1. The van der Waals surface area contributed by atoms with Crippen LogP contribution in [0.4, 0.5) is 10.8 Å². The van der Waals surface area contributed by atoms with Crippen LogP contribution in [0.1, 0.15) is 5.56 Å². The SMILES string of the molecule is Cc1ccc(O)c(Nc2nccs2)c1. The summed E-state index contributed by atoms with van der Waals surface area (Å²) in [7, 11) is 0. The average molecular weight is 206 g/mol. The molecule has 0 aliphatic carbocycles. The van der Waals surface area contributed by atoms with Crippen LogP contribution in [0.15, 0.2) is 29.8 Å². The van der Waals surface area contributed by atoms with Gasteiger partial charge in [0.15, 0.2) is 5.13 Å². The van der Waals surface area contributed by atoms with Crippen molar-refractivity contribution in [1.29, 1.82) is 0 Å². The first kappa shape index (κ1) is 9.02. The van der Waals surface area contributed by atoms with Gasteiger partial charge in [0.25, 0.3) is 0 Å². The topological polar surface area (TPSA) is 45.1 Å². The first-order valence-corrected chi connectivity index (χ1v) is 5.10. The van der Waals surface area contributed by atoms with Gasteiger partial charge in [-0.15, -0.1) is 11.3 Å². The first-order valence-electron chi connectivity index (χ1n) is 4.22. The van der Waals surface area contributed by atoms with Crippen molar-refractivity contribution >= 4 is 22.2 Å². The average Bonchev–Trinajstić information content (AvgIpc) is 2.64. The molecule has 0 fully saturated rings. The number of thiazole rings is 1. The molecular weight excluding hydrogens is 196 g/mol. The third kappa shape index (κ3) is 1.85. The lowest BCUT2D eigenvalue weighted by molar-refractivity contribution is 0.477. The second-order valence-corrected chi connectivity index (χ2v) is 3.88. The van der Waals surface area contributed by atoms with Crippen LogP contribution in [-0.2, 0) is 0 Å². The minimum atomic E-state index is 0.241. The van der Waals surface area contributed by atoms with E-state index in [1.165, 1.54) is 11.3 Å². The maximum absolute atomic E-state index is 9.55. The molecule has 0 spiro atoms. The van der Waals surface area contributed by atoms with Crippen molar-refractivity contribution in [3.8, 4) is 5.75 Å². The summed E-state index contributed by atoms with van der Waals surface area (Å²) in [6.45, 7) is 1.98. The number of anilines is 2. The number of aryl methyl sites for hydroxylation is 1. The number of hydrogen-bond acceptors (Lipinski definition) is 4. The molecule has 0 amide bonds. The first-order chi connectivity index (χ1) is 6.75. The second-order valence-electron chi connectivity index (χ2n) is 2.98. The van der Waals surface area contributed by atoms with E-state index in [4.69, 9.17) is 0 Å². The van der Waals surface area contributed by atoms with E-state index in [-0.39, 0.29) is 5.75 Å². The molecule has 3 nitrogen and oxygen atoms in total. The van der Waals surface area contributed by atoms with Gasteiger partial charge >= 0.3 is 0 Å². The molecule has 4 heteroatoms. The Kier molecular flexibility index (Phi) is 2.37. The lowest BCUT2D eigenvalue weighted by Crippen LogP contribution is -1.90. The summed E-state index contributed by atoms with van der Waals surface area (Å²) in [5.41, 5.74) is 1.79. The fraction of sp³-hybridized carbons (Fsp3) is 0.100. The summed E-state index contributed by atoms with van der Waals surface area (Å²) < 4.78 is 0. The van der Waals surface area contributed by atoms with Crippen molar-refractivity contribution in [2.45, 2.75) is 6.92 Å². The molecule has 0 saturated carbocycles. The van der Waals surface area contributed by atoms with Gasteiger partial charge in [-0.1, -0.05) is 6.07 Å². The summed E-state index contributed by atoms with van der Waals surface area (Å²) in [6.07, 6.45) is 1.72. The molecule has 72 valence electrons. The van der Waals surface area contributed by atoms with Crippen LogP contribution >= 0.6 is 11.3 Å². The highest BCUT2D eigenvalue weighted by molar-refractivity contribution is 7.13. The number of phenolic OH excluding ortho intramolecular Hbond substituents is 1. The maximum Gasteiger partial charge on any atom is 0.187 e. The molecule has 1 aromatic carbocycles. The fourth-order valence-electron chi connectivity index (χ4n) is 1.15. The third-order valence-electron chi connectivity index (χ3n) is 1.83. The van der Waals surface area contributed by atoms with Crippen molar-refractivity contribution in [3.05, 3.63) is 35.3 Å². The molecule has 0 aliphatic rings. The molecular formula is C10H10N2OS. The molecule has 0 saturated heterocycles. The van der Waals surface area contributed by atoms with E-state index in [0.717, 1.165) is 10.7 Å². The molecule has 14 heavy (non-hydrogen) atoms. The summed E-state index contributed by atoms with van der Waals surface area (Å²) in [5, 5.41) is 15.3. The molecule has 0 atom stereocenters. The lowest BCUT2D eigenvalue weighted by Gasteiger charge is -2.05. The Hall–Kier alpha value is -1.55. The highest BCUT2D eigenvalue weighted by Gasteiger charge is 2.02. The number of hydrogen-bond donors (Lipinski definition) is 2. The summed E-state index contributed by atoms with van der Waals surface area (Å²) in [5.74, 6) is 0.241. The predicted octanol–water partition coefficient (Wildman–Crippen LogP) is 2.90. The lowest BCUT2D eigenvalue weighted by atomic mass is 10.2. The van der Waals surface area contributed by atoms with E-state index in [1.54, 1.807) is 12.3 Å². The maximum atomic E-state index is 9.55. The van der Waals surface area contributed by atoms with Gasteiger partial charge in [-0.25, -0.2) is 4.98 Å². The Bertz CT molecular complexity index is 426. The van der Waals surface area contributed by atoms with Crippen LogP contribution in [0.5, 0.6) is 5.75 Å².